The van der Waals surface area contributed by atoms with E-state index in [1.807, 2.05) is 24.5 Å². The van der Waals surface area contributed by atoms with E-state index in [2.05, 4.69) is 20.8 Å². The zero-order chi connectivity index (χ0) is 12.4. The molecule has 1 fully saturated rings. The fourth-order valence-corrected chi connectivity index (χ4v) is 2.75. The molecule has 1 saturated carbocycles. The van der Waals surface area contributed by atoms with Crippen LogP contribution in [0.2, 0.25) is 0 Å². The molecule has 18 heavy (non-hydrogen) atoms. The van der Waals surface area contributed by atoms with Crippen LogP contribution in [0.4, 0.5) is 5.69 Å². The molecule has 4 nitrogen and oxygen atoms in total. The van der Waals surface area contributed by atoms with Crippen LogP contribution in [-0.4, -0.2) is 14.8 Å². The topological polar surface area (TPSA) is 56.7 Å². The Hall–Kier alpha value is -1.84. The van der Waals surface area contributed by atoms with E-state index in [1.54, 1.807) is 0 Å². The van der Waals surface area contributed by atoms with Crippen LogP contribution in [0.1, 0.15) is 43.1 Å². The van der Waals surface area contributed by atoms with Crippen molar-refractivity contribution in [2.24, 2.45) is 0 Å². The van der Waals surface area contributed by atoms with Crippen LogP contribution in [0.5, 0.6) is 0 Å². The van der Waals surface area contributed by atoms with Gasteiger partial charge in [-0.05, 0) is 24.5 Å². The standard InChI is InChI=1S/C14H18N4/c15-13-8-4-1-5-11(13)9-14-17-16-10-18(14)12-6-2-3-7-12/h1,4-5,8,10,12H,2-3,6-7,9,15H2. The number of para-hydroxylation sites is 1. The van der Waals surface area contributed by atoms with Gasteiger partial charge in [0.2, 0.25) is 0 Å². The lowest BCUT2D eigenvalue weighted by Crippen LogP contribution is -2.09. The minimum atomic E-state index is 0.583. The molecule has 1 aromatic carbocycles. The minimum Gasteiger partial charge on any atom is -0.398 e. The summed E-state index contributed by atoms with van der Waals surface area (Å²) >= 11 is 0. The summed E-state index contributed by atoms with van der Waals surface area (Å²) < 4.78 is 2.24. The molecule has 2 N–H and O–H groups in total. The first-order valence-electron chi connectivity index (χ1n) is 6.56. The lowest BCUT2D eigenvalue weighted by atomic mass is 10.1. The Labute approximate surface area is 107 Å². The Morgan fingerprint density at radius 1 is 1.22 bits per heavy atom. The largest absolute Gasteiger partial charge is 0.398 e. The van der Waals surface area contributed by atoms with E-state index in [4.69, 9.17) is 5.73 Å². The van der Waals surface area contributed by atoms with E-state index in [9.17, 15) is 0 Å². The summed E-state index contributed by atoms with van der Waals surface area (Å²) in [6, 6.07) is 8.55. The van der Waals surface area contributed by atoms with Gasteiger partial charge in [0.15, 0.2) is 0 Å². The molecule has 0 bridgehead atoms. The maximum atomic E-state index is 5.98. The molecule has 0 saturated heterocycles. The maximum Gasteiger partial charge on any atom is 0.137 e. The highest BCUT2D eigenvalue weighted by Gasteiger charge is 2.20. The van der Waals surface area contributed by atoms with Crippen LogP contribution in [0, 0.1) is 0 Å². The fourth-order valence-electron chi connectivity index (χ4n) is 2.75. The summed E-state index contributed by atoms with van der Waals surface area (Å²) in [6.07, 6.45) is 7.75. The van der Waals surface area contributed by atoms with Crippen molar-refractivity contribution in [1.82, 2.24) is 14.8 Å². The average Bonchev–Trinajstić information content (AvgIpc) is 3.02. The third kappa shape index (κ3) is 2.10. The van der Waals surface area contributed by atoms with Crippen molar-refractivity contribution in [1.29, 1.82) is 0 Å². The van der Waals surface area contributed by atoms with Crippen LogP contribution in [0.15, 0.2) is 30.6 Å². The second-order valence-electron chi connectivity index (χ2n) is 4.97. The van der Waals surface area contributed by atoms with Gasteiger partial charge in [-0.3, -0.25) is 0 Å². The summed E-state index contributed by atoms with van der Waals surface area (Å²) in [5.74, 6) is 1.03. The molecule has 1 heterocycles. The summed E-state index contributed by atoms with van der Waals surface area (Å²) in [5.41, 5.74) is 7.94. The highest BCUT2D eigenvalue weighted by atomic mass is 15.3. The molecular formula is C14H18N4. The third-order valence-electron chi connectivity index (χ3n) is 3.77. The number of hydrogen-bond acceptors (Lipinski definition) is 3. The lowest BCUT2D eigenvalue weighted by molar-refractivity contribution is 0.500. The normalized spacial score (nSPS) is 16.2. The second-order valence-corrected chi connectivity index (χ2v) is 4.97. The molecule has 0 radical (unpaired) electrons. The van der Waals surface area contributed by atoms with Gasteiger partial charge in [-0.1, -0.05) is 31.0 Å². The van der Waals surface area contributed by atoms with Gasteiger partial charge in [0, 0.05) is 18.2 Å². The van der Waals surface area contributed by atoms with E-state index < -0.39 is 0 Å². The minimum absolute atomic E-state index is 0.583. The van der Waals surface area contributed by atoms with Gasteiger partial charge < -0.3 is 10.3 Å². The number of aromatic nitrogens is 3. The second kappa shape index (κ2) is 4.80. The van der Waals surface area contributed by atoms with Gasteiger partial charge in [-0.15, -0.1) is 10.2 Å². The molecule has 1 aliphatic carbocycles. The Kier molecular flexibility index (Phi) is 3.00. The van der Waals surface area contributed by atoms with Gasteiger partial charge >= 0.3 is 0 Å². The zero-order valence-electron chi connectivity index (χ0n) is 10.4. The number of anilines is 1. The Morgan fingerprint density at radius 2 is 2.00 bits per heavy atom. The molecule has 0 atom stereocenters. The molecule has 0 spiro atoms. The van der Waals surface area contributed by atoms with E-state index in [0.717, 1.165) is 23.5 Å². The Morgan fingerprint density at radius 3 is 2.78 bits per heavy atom. The molecule has 0 amide bonds. The number of nitrogens with zero attached hydrogens (tertiary/aromatic N) is 3. The van der Waals surface area contributed by atoms with Crippen molar-refractivity contribution in [2.75, 3.05) is 5.73 Å². The number of hydrogen-bond donors (Lipinski definition) is 1. The first kappa shape index (κ1) is 11.3. The van der Waals surface area contributed by atoms with Crippen molar-refractivity contribution in [3.05, 3.63) is 42.0 Å². The van der Waals surface area contributed by atoms with Crippen LogP contribution >= 0.6 is 0 Å². The number of nitrogen functional groups attached to an aromatic ring is 1. The number of benzene rings is 1. The Balaban J connectivity index is 1.85. The molecule has 94 valence electrons. The first-order valence-corrected chi connectivity index (χ1v) is 6.56. The lowest BCUT2D eigenvalue weighted by Gasteiger charge is -2.14. The number of rotatable bonds is 3. The van der Waals surface area contributed by atoms with E-state index in [0.29, 0.717) is 6.04 Å². The Bertz CT molecular complexity index is 526. The van der Waals surface area contributed by atoms with Gasteiger partial charge in [-0.2, -0.15) is 0 Å². The fraction of sp³-hybridized carbons (Fsp3) is 0.429. The molecule has 3 rings (SSSR count). The maximum absolute atomic E-state index is 5.98. The zero-order valence-corrected chi connectivity index (χ0v) is 10.4. The molecule has 4 heteroatoms. The molecule has 2 aromatic rings. The van der Waals surface area contributed by atoms with Crippen molar-refractivity contribution in [3.8, 4) is 0 Å². The van der Waals surface area contributed by atoms with E-state index >= 15 is 0 Å². The summed E-state index contributed by atoms with van der Waals surface area (Å²) in [7, 11) is 0. The quantitative estimate of drug-likeness (QED) is 0.841. The molecular weight excluding hydrogens is 224 g/mol. The molecule has 1 aromatic heterocycles. The summed E-state index contributed by atoms with van der Waals surface area (Å²) in [5, 5.41) is 8.32. The van der Waals surface area contributed by atoms with Crippen molar-refractivity contribution in [2.45, 2.75) is 38.1 Å². The highest BCUT2D eigenvalue weighted by molar-refractivity contribution is 5.47. The van der Waals surface area contributed by atoms with Crippen LogP contribution in [-0.2, 0) is 6.42 Å². The van der Waals surface area contributed by atoms with Gasteiger partial charge in [0.1, 0.15) is 12.2 Å². The highest BCUT2D eigenvalue weighted by Crippen LogP contribution is 2.30. The SMILES string of the molecule is Nc1ccccc1Cc1nncn1C1CCCC1. The van der Waals surface area contributed by atoms with E-state index in [1.165, 1.54) is 25.7 Å². The van der Waals surface area contributed by atoms with Gasteiger partial charge in [0.05, 0.1) is 0 Å². The van der Waals surface area contributed by atoms with Crippen molar-refractivity contribution in [3.63, 3.8) is 0 Å². The van der Waals surface area contributed by atoms with Crippen LogP contribution in [0.25, 0.3) is 0 Å². The smallest absolute Gasteiger partial charge is 0.137 e. The van der Waals surface area contributed by atoms with Crippen LogP contribution in [0.3, 0.4) is 0 Å². The first-order chi connectivity index (χ1) is 8.84. The predicted octanol–water partition coefficient (Wildman–Crippen LogP) is 2.57. The van der Waals surface area contributed by atoms with Crippen LogP contribution < -0.4 is 5.73 Å². The number of nitrogens with two attached hydrogens (primary N) is 1. The third-order valence-corrected chi connectivity index (χ3v) is 3.77. The van der Waals surface area contributed by atoms with Gasteiger partial charge in [-0.25, -0.2) is 0 Å². The average molecular weight is 242 g/mol. The van der Waals surface area contributed by atoms with E-state index in [-0.39, 0.29) is 0 Å². The van der Waals surface area contributed by atoms with Gasteiger partial charge in [0.25, 0.3) is 0 Å². The predicted molar refractivity (Wildman–Crippen MR) is 71.2 cm³/mol. The van der Waals surface area contributed by atoms with Crippen molar-refractivity contribution < 1.29 is 0 Å². The molecule has 1 aliphatic rings. The monoisotopic (exact) mass is 242 g/mol. The van der Waals surface area contributed by atoms with Crippen molar-refractivity contribution >= 4 is 5.69 Å². The molecule has 0 unspecified atom stereocenters. The molecule has 0 aliphatic heterocycles. The summed E-state index contributed by atoms with van der Waals surface area (Å²) in [6.45, 7) is 0. The summed E-state index contributed by atoms with van der Waals surface area (Å²) in [4.78, 5) is 0.